The highest BCUT2D eigenvalue weighted by Crippen LogP contribution is 2.36. The third-order valence-electron chi connectivity index (χ3n) is 3.08. The summed E-state index contributed by atoms with van der Waals surface area (Å²) in [6.07, 6.45) is 2.31. The van der Waals surface area contributed by atoms with E-state index in [-0.39, 0.29) is 6.10 Å². The van der Waals surface area contributed by atoms with Crippen LogP contribution in [0.3, 0.4) is 0 Å². The summed E-state index contributed by atoms with van der Waals surface area (Å²) in [5.41, 5.74) is 8.30. The smallest absolute Gasteiger partial charge is 0.157 e. The summed E-state index contributed by atoms with van der Waals surface area (Å²) in [6, 6.07) is 11.2. The first-order valence-electron chi connectivity index (χ1n) is 6.17. The van der Waals surface area contributed by atoms with Crippen molar-refractivity contribution in [1.82, 2.24) is 0 Å². The molecule has 5 heteroatoms. The monoisotopic (exact) mass is 306 g/mol. The molecule has 0 radical (unpaired) electrons. The van der Waals surface area contributed by atoms with E-state index in [4.69, 9.17) is 33.7 Å². The quantitative estimate of drug-likeness (QED) is 0.842. The fourth-order valence-corrected chi connectivity index (χ4v) is 2.75. The predicted molar refractivity (Wildman–Crippen MR) is 83.6 cm³/mol. The van der Waals surface area contributed by atoms with Crippen LogP contribution >= 0.6 is 23.2 Å². The van der Waals surface area contributed by atoms with Gasteiger partial charge in [0.2, 0.25) is 0 Å². The number of aliphatic imine (C=N–C) groups is 1. The van der Waals surface area contributed by atoms with Gasteiger partial charge in [0.25, 0.3) is 0 Å². The topological polar surface area (TPSA) is 47.6 Å². The normalized spacial score (nSPS) is 16.8. The zero-order valence-corrected chi connectivity index (χ0v) is 12.0. The highest BCUT2D eigenvalue weighted by Gasteiger charge is 2.19. The van der Waals surface area contributed by atoms with Crippen molar-refractivity contribution in [2.24, 2.45) is 4.99 Å². The Balaban J connectivity index is 1.84. The van der Waals surface area contributed by atoms with Gasteiger partial charge in [-0.05, 0) is 23.8 Å². The minimum absolute atomic E-state index is 0.191. The molecule has 1 aliphatic heterocycles. The molecule has 0 spiro atoms. The summed E-state index contributed by atoms with van der Waals surface area (Å²) in [5, 5.41) is 0.810. The van der Waals surface area contributed by atoms with E-state index in [1.807, 2.05) is 24.3 Å². The van der Waals surface area contributed by atoms with E-state index in [0.717, 1.165) is 17.7 Å². The Morgan fingerprint density at radius 1 is 1.15 bits per heavy atom. The Morgan fingerprint density at radius 2 is 1.85 bits per heavy atom. The van der Waals surface area contributed by atoms with Crippen molar-refractivity contribution in [1.29, 1.82) is 0 Å². The van der Waals surface area contributed by atoms with Crippen LogP contribution in [0.1, 0.15) is 5.56 Å². The first kappa shape index (κ1) is 13.3. The number of hydrogen-bond donors (Lipinski definition) is 1. The van der Waals surface area contributed by atoms with Crippen LogP contribution in [-0.4, -0.2) is 12.3 Å². The van der Waals surface area contributed by atoms with Crippen LogP contribution in [0.2, 0.25) is 10.0 Å². The summed E-state index contributed by atoms with van der Waals surface area (Å²) in [4.78, 5) is 4.39. The lowest BCUT2D eigenvalue weighted by Gasteiger charge is -2.21. The van der Waals surface area contributed by atoms with E-state index in [1.165, 1.54) is 0 Å². The van der Waals surface area contributed by atoms with Crippen LogP contribution in [0.25, 0.3) is 0 Å². The van der Waals surface area contributed by atoms with E-state index in [0.29, 0.717) is 21.5 Å². The maximum absolute atomic E-state index is 6.12. The zero-order chi connectivity index (χ0) is 14.1. The van der Waals surface area contributed by atoms with Gasteiger partial charge in [-0.25, -0.2) is 0 Å². The highest BCUT2D eigenvalue weighted by atomic mass is 35.5. The van der Waals surface area contributed by atoms with Crippen LogP contribution in [0.5, 0.6) is 5.75 Å². The molecule has 0 saturated heterocycles. The van der Waals surface area contributed by atoms with Gasteiger partial charge in [0, 0.05) is 18.3 Å². The molecular weight excluding hydrogens is 295 g/mol. The highest BCUT2D eigenvalue weighted by molar-refractivity contribution is 6.37. The summed E-state index contributed by atoms with van der Waals surface area (Å²) < 4.78 is 5.86. The molecule has 20 heavy (non-hydrogen) atoms. The zero-order valence-electron chi connectivity index (χ0n) is 10.5. The molecular formula is C15H12Cl2N2O. The molecule has 1 aliphatic rings. The van der Waals surface area contributed by atoms with Gasteiger partial charge < -0.3 is 10.5 Å². The minimum Gasteiger partial charge on any atom is -0.481 e. The Labute approximate surface area is 127 Å². The van der Waals surface area contributed by atoms with Crippen molar-refractivity contribution in [2.45, 2.75) is 12.5 Å². The van der Waals surface area contributed by atoms with Gasteiger partial charge in [-0.2, -0.15) is 0 Å². The second-order valence-electron chi connectivity index (χ2n) is 4.58. The predicted octanol–water partition coefficient (Wildman–Crippen LogP) is 4.28. The van der Waals surface area contributed by atoms with Gasteiger partial charge in [-0.3, -0.25) is 4.99 Å². The lowest BCUT2D eigenvalue weighted by atomic mass is 10.0. The average molecular weight is 307 g/mol. The Hall–Kier alpha value is -1.71. The van der Waals surface area contributed by atoms with Crippen molar-refractivity contribution in [3.8, 4) is 5.75 Å². The lowest BCUT2D eigenvalue weighted by Crippen LogP contribution is -2.23. The molecule has 3 nitrogen and oxygen atoms in total. The number of ether oxygens (including phenoxy) is 1. The Bertz CT molecular complexity index is 662. The van der Waals surface area contributed by atoms with Gasteiger partial charge in [-0.1, -0.05) is 41.4 Å². The summed E-state index contributed by atoms with van der Waals surface area (Å²) in [5.74, 6) is 0.443. The van der Waals surface area contributed by atoms with E-state index in [9.17, 15) is 0 Å². The number of nitrogens with two attached hydrogens (primary N) is 1. The molecule has 0 aliphatic carbocycles. The van der Waals surface area contributed by atoms with E-state index in [2.05, 4.69) is 4.99 Å². The second kappa shape index (κ2) is 5.35. The van der Waals surface area contributed by atoms with E-state index in [1.54, 1.807) is 18.3 Å². The van der Waals surface area contributed by atoms with Crippen molar-refractivity contribution < 1.29 is 4.74 Å². The number of nitrogen functional groups attached to an aromatic ring is 1. The first-order valence-corrected chi connectivity index (χ1v) is 6.92. The number of para-hydroxylation sites is 1. The third-order valence-corrected chi connectivity index (χ3v) is 3.64. The van der Waals surface area contributed by atoms with Crippen molar-refractivity contribution in [2.75, 3.05) is 5.73 Å². The first-order chi connectivity index (χ1) is 9.63. The molecule has 0 fully saturated rings. The second-order valence-corrected chi connectivity index (χ2v) is 5.40. The summed E-state index contributed by atoms with van der Waals surface area (Å²) >= 11 is 12.2. The van der Waals surface area contributed by atoms with E-state index >= 15 is 0 Å². The molecule has 1 heterocycles. The number of hydrogen-bond acceptors (Lipinski definition) is 3. The number of fused-ring (bicyclic) bond motifs is 1. The number of nitrogens with zero attached hydrogens (tertiary/aromatic N) is 1. The maximum atomic E-state index is 6.12. The molecule has 0 amide bonds. The van der Waals surface area contributed by atoms with Gasteiger partial charge in [0.05, 0.1) is 15.7 Å². The molecule has 1 unspecified atom stereocenters. The van der Waals surface area contributed by atoms with Crippen LogP contribution in [-0.2, 0) is 6.42 Å². The maximum Gasteiger partial charge on any atom is 0.157 e. The molecule has 0 bridgehead atoms. The SMILES string of the molecule is Nc1cc(Cl)c(OC2C=Nc3ccccc3C2)c(Cl)c1. The molecule has 2 aromatic rings. The molecule has 1 atom stereocenters. The fourth-order valence-electron chi connectivity index (χ4n) is 2.16. The molecule has 102 valence electrons. The number of halogens is 2. The number of rotatable bonds is 2. The van der Waals surface area contributed by atoms with Crippen molar-refractivity contribution >= 4 is 40.8 Å². The Morgan fingerprint density at radius 3 is 2.60 bits per heavy atom. The average Bonchev–Trinajstić information content (AvgIpc) is 2.42. The largest absolute Gasteiger partial charge is 0.481 e. The van der Waals surface area contributed by atoms with Crippen molar-refractivity contribution in [3.05, 3.63) is 52.0 Å². The molecule has 0 saturated carbocycles. The standard InChI is InChI=1S/C15H12Cl2N2O/c16-12-6-10(18)7-13(17)15(12)20-11-5-9-3-1-2-4-14(9)19-8-11/h1-4,6-8,11H,5,18H2. The van der Waals surface area contributed by atoms with Crippen molar-refractivity contribution in [3.63, 3.8) is 0 Å². The molecule has 2 aromatic carbocycles. The van der Waals surface area contributed by atoms with Gasteiger partial charge in [0.1, 0.15) is 6.10 Å². The molecule has 3 rings (SSSR count). The number of anilines is 1. The molecule has 2 N–H and O–H groups in total. The van der Waals surface area contributed by atoms with Crippen LogP contribution in [0.4, 0.5) is 11.4 Å². The van der Waals surface area contributed by atoms with Crippen LogP contribution in [0, 0.1) is 0 Å². The van der Waals surface area contributed by atoms with Crippen LogP contribution in [0.15, 0.2) is 41.4 Å². The fraction of sp³-hybridized carbons (Fsp3) is 0.133. The summed E-state index contributed by atoms with van der Waals surface area (Å²) in [6.45, 7) is 0. The third kappa shape index (κ3) is 2.60. The van der Waals surface area contributed by atoms with Crippen LogP contribution < -0.4 is 10.5 Å². The van der Waals surface area contributed by atoms with E-state index < -0.39 is 0 Å². The Kier molecular flexibility index (Phi) is 3.55. The summed E-state index contributed by atoms with van der Waals surface area (Å²) in [7, 11) is 0. The number of benzene rings is 2. The molecule has 0 aromatic heterocycles. The lowest BCUT2D eigenvalue weighted by molar-refractivity contribution is 0.271. The van der Waals surface area contributed by atoms with Gasteiger partial charge >= 0.3 is 0 Å². The van der Waals surface area contributed by atoms with Gasteiger partial charge in [0.15, 0.2) is 5.75 Å². The minimum atomic E-state index is -0.191. The van der Waals surface area contributed by atoms with Gasteiger partial charge in [-0.15, -0.1) is 0 Å².